The summed E-state index contributed by atoms with van der Waals surface area (Å²) in [5.41, 5.74) is 2.86. The summed E-state index contributed by atoms with van der Waals surface area (Å²) >= 11 is 0. The molecule has 0 spiro atoms. The molecular weight excluding hydrogens is 276 g/mol. The van der Waals surface area contributed by atoms with Crippen LogP contribution in [0.25, 0.3) is 0 Å². The van der Waals surface area contributed by atoms with Crippen molar-refractivity contribution in [1.29, 1.82) is 0 Å². The number of nitrogens with zero attached hydrogens (tertiary/aromatic N) is 1. The Hall–Kier alpha value is -1.39. The second kappa shape index (κ2) is 5.67. The third-order valence-corrected chi connectivity index (χ3v) is 5.50. The van der Waals surface area contributed by atoms with E-state index in [0.717, 1.165) is 19.4 Å². The van der Waals surface area contributed by atoms with Gasteiger partial charge in [0.15, 0.2) is 0 Å². The van der Waals surface area contributed by atoms with Crippen LogP contribution in [0, 0.1) is 0 Å². The number of fused-ring (bicyclic) bond motifs is 5. The van der Waals surface area contributed by atoms with Crippen molar-refractivity contribution in [2.24, 2.45) is 0 Å². The summed E-state index contributed by atoms with van der Waals surface area (Å²) in [6.07, 6.45) is 4.73. The number of ether oxygens (including phenoxy) is 1. The minimum absolute atomic E-state index is 0.0775. The van der Waals surface area contributed by atoms with E-state index in [-0.39, 0.29) is 18.1 Å². The van der Waals surface area contributed by atoms with Gasteiger partial charge >= 0.3 is 0 Å². The Kier molecular flexibility index (Phi) is 3.66. The van der Waals surface area contributed by atoms with Crippen LogP contribution in [0.2, 0.25) is 0 Å². The van der Waals surface area contributed by atoms with Crippen LogP contribution in [0.3, 0.4) is 0 Å². The zero-order chi connectivity index (χ0) is 15.1. The topological polar surface area (TPSA) is 41.6 Å². The van der Waals surface area contributed by atoms with E-state index in [2.05, 4.69) is 34.5 Å². The molecule has 2 fully saturated rings. The highest BCUT2D eigenvalue weighted by molar-refractivity contribution is 5.81. The molecule has 3 aliphatic rings. The summed E-state index contributed by atoms with van der Waals surface area (Å²) in [6, 6.07) is 9.44. The van der Waals surface area contributed by atoms with Gasteiger partial charge in [-0.2, -0.15) is 0 Å². The largest absolute Gasteiger partial charge is 0.376 e. The molecular formula is C18H24N2O2. The van der Waals surface area contributed by atoms with Crippen LogP contribution < -0.4 is 5.32 Å². The number of carbonyl (C=O) groups excluding carboxylic acids is 1. The highest BCUT2D eigenvalue weighted by atomic mass is 16.5. The number of amides is 1. The molecule has 0 radical (unpaired) electrons. The molecule has 1 aromatic rings. The molecule has 2 saturated heterocycles. The number of nitrogens with one attached hydrogen (secondary N) is 1. The average molecular weight is 300 g/mol. The molecule has 118 valence electrons. The Morgan fingerprint density at radius 2 is 1.95 bits per heavy atom. The van der Waals surface area contributed by atoms with Gasteiger partial charge in [0.25, 0.3) is 0 Å². The molecule has 22 heavy (non-hydrogen) atoms. The third-order valence-electron chi connectivity index (χ3n) is 5.50. The van der Waals surface area contributed by atoms with E-state index < -0.39 is 0 Å². The van der Waals surface area contributed by atoms with Gasteiger partial charge in [-0.1, -0.05) is 24.3 Å². The fraction of sp³-hybridized carbons (Fsp3) is 0.611. The molecule has 3 heterocycles. The van der Waals surface area contributed by atoms with E-state index in [4.69, 9.17) is 4.74 Å². The lowest BCUT2D eigenvalue weighted by Crippen LogP contribution is -2.45. The molecule has 4 atom stereocenters. The highest BCUT2D eigenvalue weighted by Gasteiger charge is 2.47. The predicted molar refractivity (Wildman–Crippen MR) is 84.4 cm³/mol. The molecule has 1 aromatic carbocycles. The van der Waals surface area contributed by atoms with Crippen molar-refractivity contribution in [3.05, 3.63) is 35.4 Å². The average Bonchev–Trinajstić information content (AvgIpc) is 3.27. The van der Waals surface area contributed by atoms with Gasteiger partial charge in [0.2, 0.25) is 5.91 Å². The van der Waals surface area contributed by atoms with E-state index in [0.29, 0.717) is 18.6 Å². The zero-order valence-electron chi connectivity index (χ0n) is 13.1. The van der Waals surface area contributed by atoms with E-state index in [1.807, 2.05) is 6.92 Å². The van der Waals surface area contributed by atoms with Gasteiger partial charge in [0.05, 0.1) is 12.1 Å². The fourth-order valence-corrected chi connectivity index (χ4v) is 4.42. The van der Waals surface area contributed by atoms with Gasteiger partial charge in [0.1, 0.15) is 0 Å². The Morgan fingerprint density at radius 1 is 1.27 bits per heavy atom. The SMILES string of the molecule is C[C@@H](C(=O)NC[C@@H]1CCCO1)N1[C@H]2CC[C@H]1c1ccccc12. The molecule has 1 amide bonds. The predicted octanol–water partition coefficient (Wildman–Crippen LogP) is 2.56. The van der Waals surface area contributed by atoms with Crippen molar-refractivity contribution in [2.45, 2.75) is 56.8 Å². The molecule has 0 unspecified atom stereocenters. The molecule has 4 rings (SSSR count). The Morgan fingerprint density at radius 3 is 2.55 bits per heavy atom. The third kappa shape index (κ3) is 2.25. The van der Waals surface area contributed by atoms with Crippen molar-refractivity contribution < 1.29 is 9.53 Å². The van der Waals surface area contributed by atoms with E-state index in [9.17, 15) is 4.79 Å². The van der Waals surface area contributed by atoms with E-state index in [1.165, 1.54) is 24.0 Å². The molecule has 4 heteroatoms. The zero-order valence-corrected chi connectivity index (χ0v) is 13.1. The Balaban J connectivity index is 1.43. The molecule has 0 saturated carbocycles. The minimum Gasteiger partial charge on any atom is -0.376 e. The lowest BCUT2D eigenvalue weighted by atomic mass is 9.92. The van der Waals surface area contributed by atoms with Gasteiger partial charge in [-0.15, -0.1) is 0 Å². The summed E-state index contributed by atoms with van der Waals surface area (Å²) < 4.78 is 5.59. The quantitative estimate of drug-likeness (QED) is 0.929. The smallest absolute Gasteiger partial charge is 0.237 e. The first-order chi connectivity index (χ1) is 10.8. The molecule has 4 nitrogen and oxygen atoms in total. The minimum atomic E-state index is -0.0775. The molecule has 1 N–H and O–H groups in total. The highest BCUT2D eigenvalue weighted by Crippen LogP contribution is 2.53. The van der Waals surface area contributed by atoms with Crippen LogP contribution in [0.5, 0.6) is 0 Å². The van der Waals surface area contributed by atoms with Crippen molar-refractivity contribution in [2.75, 3.05) is 13.2 Å². The maximum absolute atomic E-state index is 12.5. The van der Waals surface area contributed by atoms with Crippen molar-refractivity contribution in [3.8, 4) is 0 Å². The lowest BCUT2D eigenvalue weighted by molar-refractivity contribution is -0.127. The standard InChI is InChI=1S/C18H24N2O2/c1-12(18(21)19-11-13-5-4-10-22-13)20-16-8-9-17(20)15-7-3-2-6-14(15)16/h2-3,6-7,12-13,16-17H,4-5,8-11H2,1H3,(H,19,21)/t12-,13-,16-,17-/m0/s1. The first-order valence-electron chi connectivity index (χ1n) is 8.51. The number of hydrogen-bond acceptors (Lipinski definition) is 3. The first-order valence-corrected chi connectivity index (χ1v) is 8.51. The van der Waals surface area contributed by atoms with Crippen LogP contribution in [0.15, 0.2) is 24.3 Å². The van der Waals surface area contributed by atoms with E-state index in [1.54, 1.807) is 0 Å². The Bertz CT molecular complexity index is 537. The summed E-state index contributed by atoms with van der Waals surface area (Å²) in [5, 5.41) is 3.09. The fourth-order valence-electron chi connectivity index (χ4n) is 4.42. The normalized spacial score (nSPS) is 31.2. The first kappa shape index (κ1) is 14.2. The van der Waals surface area contributed by atoms with Gasteiger partial charge in [-0.05, 0) is 43.7 Å². The molecule has 0 aliphatic carbocycles. The summed E-state index contributed by atoms with van der Waals surface area (Å²) in [4.78, 5) is 15.0. The number of carbonyl (C=O) groups is 1. The maximum Gasteiger partial charge on any atom is 0.237 e. The second-order valence-electron chi connectivity index (χ2n) is 6.74. The summed E-state index contributed by atoms with van der Waals surface area (Å²) in [5.74, 6) is 0.139. The monoisotopic (exact) mass is 300 g/mol. The number of hydrogen-bond donors (Lipinski definition) is 1. The van der Waals surface area contributed by atoms with Crippen LogP contribution in [-0.4, -0.2) is 36.1 Å². The van der Waals surface area contributed by atoms with Crippen LogP contribution in [-0.2, 0) is 9.53 Å². The van der Waals surface area contributed by atoms with Crippen molar-refractivity contribution in [1.82, 2.24) is 10.2 Å². The van der Waals surface area contributed by atoms with Gasteiger partial charge in [-0.25, -0.2) is 0 Å². The molecule has 2 bridgehead atoms. The number of benzene rings is 1. The van der Waals surface area contributed by atoms with Gasteiger partial charge < -0.3 is 10.1 Å². The van der Waals surface area contributed by atoms with Gasteiger partial charge in [-0.3, -0.25) is 9.69 Å². The van der Waals surface area contributed by atoms with Gasteiger partial charge in [0, 0.05) is 25.2 Å². The summed E-state index contributed by atoms with van der Waals surface area (Å²) in [7, 11) is 0. The lowest BCUT2D eigenvalue weighted by Gasteiger charge is -2.28. The molecule has 3 aliphatic heterocycles. The maximum atomic E-state index is 12.5. The van der Waals surface area contributed by atoms with Crippen LogP contribution in [0.4, 0.5) is 0 Å². The number of rotatable bonds is 4. The van der Waals surface area contributed by atoms with Crippen molar-refractivity contribution in [3.63, 3.8) is 0 Å². The van der Waals surface area contributed by atoms with Crippen LogP contribution in [0.1, 0.15) is 55.8 Å². The second-order valence-corrected chi connectivity index (χ2v) is 6.74. The van der Waals surface area contributed by atoms with E-state index >= 15 is 0 Å². The summed E-state index contributed by atoms with van der Waals surface area (Å²) in [6.45, 7) is 3.53. The van der Waals surface area contributed by atoms with Crippen LogP contribution >= 0.6 is 0 Å². The van der Waals surface area contributed by atoms with Crippen molar-refractivity contribution >= 4 is 5.91 Å². The Labute approximate surface area is 131 Å². The molecule has 0 aromatic heterocycles.